The van der Waals surface area contributed by atoms with Crippen LogP contribution in [0.1, 0.15) is 30.9 Å². The second-order valence-electron chi connectivity index (χ2n) is 21.9. The molecule has 0 bridgehead atoms. The normalized spacial score (nSPS) is 18.3. The molecule has 5 aliphatic rings. The first-order valence-electron chi connectivity index (χ1n) is 28.3. The SMILES string of the molecule is C=CC(=O)N1CCN(c2nc(OC3CN(C)C[C@H]3C)nc3c(Oc4c(Cl)c(Cl)cc5[nH]ncc45)nccc23)CC1.C=CC(=O)N1CCN(c2nc(Oc3cccc4c3CCN(C3CC3)C4)nc3c(Oc4c(Cl)c(F)cc5[nH]ncc45)nccc23)CC1. The number of carbonyl (C=O) groups excluding carboxylic acids is 2. The summed E-state index contributed by atoms with van der Waals surface area (Å²) in [6.45, 7) is 17.3. The number of likely N-dealkylation sites (N-methyl/N-ethyl adjacent to an activating group) is 1. The van der Waals surface area contributed by atoms with Gasteiger partial charge in [0.15, 0.2) is 11.5 Å². The monoisotopic (exact) mass is 1220 g/mol. The molecule has 4 aliphatic heterocycles. The quantitative estimate of drug-likeness (QED) is 0.102. The van der Waals surface area contributed by atoms with Gasteiger partial charge in [0, 0.05) is 115 Å². The molecule has 1 unspecified atom stereocenters. The van der Waals surface area contributed by atoms with Crippen LogP contribution in [0.5, 0.6) is 41.0 Å². The van der Waals surface area contributed by atoms with Crippen LogP contribution in [0.3, 0.4) is 0 Å². The van der Waals surface area contributed by atoms with Gasteiger partial charge in [-0.05, 0) is 68.3 Å². The van der Waals surface area contributed by atoms with Crippen LogP contribution in [-0.4, -0.2) is 173 Å². The summed E-state index contributed by atoms with van der Waals surface area (Å²) in [5.41, 5.74) is 4.34. The zero-order valence-corrected chi connectivity index (χ0v) is 49.2. The molecule has 0 radical (unpaired) electrons. The van der Waals surface area contributed by atoms with Gasteiger partial charge in [0.2, 0.25) is 23.6 Å². The molecule has 0 spiro atoms. The summed E-state index contributed by atoms with van der Waals surface area (Å²) in [6.07, 6.45) is 12.4. The highest BCUT2D eigenvalue weighted by molar-refractivity contribution is 6.44. The Labute approximate surface area is 507 Å². The molecule has 9 aromatic rings. The minimum Gasteiger partial charge on any atom is -0.458 e. The van der Waals surface area contributed by atoms with Crippen LogP contribution in [0.4, 0.5) is 16.0 Å². The number of fused-ring (bicyclic) bond motifs is 5. The van der Waals surface area contributed by atoms with E-state index in [1.165, 1.54) is 42.8 Å². The van der Waals surface area contributed by atoms with Crippen molar-refractivity contribution in [3.05, 3.63) is 125 Å². The number of hydrogen-bond donors (Lipinski definition) is 2. The smallest absolute Gasteiger partial charge is 0.324 e. The molecule has 14 rings (SSSR count). The van der Waals surface area contributed by atoms with Crippen LogP contribution in [0.15, 0.2) is 92.6 Å². The summed E-state index contributed by atoms with van der Waals surface area (Å²) in [4.78, 5) is 65.3. The lowest BCUT2D eigenvalue weighted by Crippen LogP contribution is -2.48. The zero-order chi connectivity index (χ0) is 59.3. The Morgan fingerprint density at radius 2 is 1.26 bits per heavy atom. The molecule has 26 heteroatoms. The molecule has 3 aromatic carbocycles. The van der Waals surface area contributed by atoms with Crippen LogP contribution < -0.4 is 28.7 Å². The number of amides is 2. The van der Waals surface area contributed by atoms with Gasteiger partial charge in [0.25, 0.3) is 0 Å². The van der Waals surface area contributed by atoms with Gasteiger partial charge in [0.05, 0.1) is 50.0 Å². The number of halogens is 4. The number of pyridine rings is 2. The Kier molecular flexibility index (Phi) is 15.7. The number of nitrogens with one attached hydrogen (secondary N) is 2. The topological polar surface area (TPSA) is 225 Å². The minimum atomic E-state index is -0.658. The van der Waals surface area contributed by atoms with E-state index in [4.69, 9.17) is 73.7 Å². The van der Waals surface area contributed by atoms with Gasteiger partial charge < -0.3 is 43.4 Å². The molecule has 442 valence electrons. The van der Waals surface area contributed by atoms with Crippen molar-refractivity contribution < 1.29 is 32.9 Å². The molecular weight excluding hydrogens is 1170 g/mol. The van der Waals surface area contributed by atoms with E-state index in [-0.39, 0.29) is 57.5 Å². The Morgan fingerprint density at radius 1 is 0.686 bits per heavy atom. The molecule has 10 heterocycles. The molecule has 4 fully saturated rings. The average Bonchev–Trinajstić information content (AvgIpc) is 1.47. The lowest BCUT2D eigenvalue weighted by molar-refractivity contribution is -0.127. The summed E-state index contributed by atoms with van der Waals surface area (Å²) in [6, 6.07) is 13.8. The van der Waals surface area contributed by atoms with Crippen LogP contribution in [0, 0.1) is 11.7 Å². The molecular formula is C60H58Cl3FN16O6. The molecule has 22 nitrogen and oxygen atoms in total. The number of rotatable bonds is 13. The van der Waals surface area contributed by atoms with E-state index in [1.54, 1.807) is 40.5 Å². The first-order chi connectivity index (χ1) is 41.8. The van der Waals surface area contributed by atoms with Gasteiger partial charge >= 0.3 is 12.0 Å². The van der Waals surface area contributed by atoms with Crippen molar-refractivity contribution in [2.24, 2.45) is 5.92 Å². The number of piperazine rings is 2. The number of carbonyl (C=O) groups is 2. The lowest BCUT2D eigenvalue weighted by atomic mass is 9.98. The number of benzene rings is 3. The summed E-state index contributed by atoms with van der Waals surface area (Å²) >= 11 is 19.3. The van der Waals surface area contributed by atoms with Crippen molar-refractivity contribution in [3.8, 4) is 41.0 Å². The van der Waals surface area contributed by atoms with Gasteiger partial charge in [-0.1, -0.05) is 67.0 Å². The fraction of sp³-hybridized carbons (Fsp3) is 0.333. The van der Waals surface area contributed by atoms with E-state index in [9.17, 15) is 14.0 Å². The maximum absolute atomic E-state index is 14.8. The molecule has 1 saturated carbocycles. The number of aromatic amines is 2. The largest absolute Gasteiger partial charge is 0.458 e. The average molecular weight is 1220 g/mol. The first kappa shape index (κ1) is 56.6. The number of hydrogen-bond acceptors (Lipinski definition) is 18. The highest BCUT2D eigenvalue weighted by Gasteiger charge is 2.34. The third-order valence-electron chi connectivity index (χ3n) is 16.3. The fourth-order valence-corrected chi connectivity index (χ4v) is 12.2. The Bertz CT molecular complexity index is 4130. The molecule has 6 aromatic heterocycles. The second-order valence-corrected chi connectivity index (χ2v) is 23.1. The van der Waals surface area contributed by atoms with E-state index < -0.39 is 5.82 Å². The first-order valence-corrected chi connectivity index (χ1v) is 29.4. The summed E-state index contributed by atoms with van der Waals surface area (Å²) < 4.78 is 40.2. The molecule has 2 amide bonds. The molecule has 2 N–H and O–H groups in total. The maximum Gasteiger partial charge on any atom is 0.324 e. The second kappa shape index (κ2) is 23.8. The van der Waals surface area contributed by atoms with Crippen molar-refractivity contribution in [2.45, 2.75) is 44.9 Å². The van der Waals surface area contributed by atoms with Crippen LogP contribution >= 0.6 is 34.8 Å². The predicted octanol–water partition coefficient (Wildman–Crippen LogP) is 9.80. The minimum absolute atomic E-state index is 0.0636. The standard InChI is InChI=1S/C33H30ClFN8O3.C27H28Cl2N8O3/c1-2-27(44)41-12-14-42(15-13-41)31-22-8-10-36-32(46-30-23-17-37-40-25(23)16-24(35)28(30)34)29(22)38-33(39-31)45-26-5-3-4-19-18-43(20-6-7-20)11-9-21(19)26;1-4-21(38)36-7-9-37(10-8-36)25-16-5-6-30-26(40-24-17-12-31-34-19(17)11-18(28)22(24)29)23(16)32-27(33-25)39-20-14-35(3)13-15(20)2/h2-5,8,10,16-17,20H,1,6-7,9,11-15,18H2,(H,37,40);4-6,11-12,15,20H,1,7-10,13-14H2,2-3H3,(H,31,34)/t;15-,20?/m.1/s1. The maximum atomic E-state index is 14.8. The van der Waals surface area contributed by atoms with Crippen molar-refractivity contribution in [1.82, 2.24) is 69.9 Å². The zero-order valence-electron chi connectivity index (χ0n) is 47.0. The number of likely N-dealkylation sites (tertiary alicyclic amines) is 1. The van der Waals surface area contributed by atoms with Crippen molar-refractivity contribution in [1.29, 1.82) is 0 Å². The van der Waals surface area contributed by atoms with Gasteiger partial charge in [0.1, 0.15) is 50.4 Å². The van der Waals surface area contributed by atoms with E-state index in [0.29, 0.717) is 131 Å². The van der Waals surface area contributed by atoms with E-state index in [2.05, 4.69) is 83.2 Å². The number of aromatic nitrogens is 10. The summed E-state index contributed by atoms with van der Waals surface area (Å²) in [5, 5.41) is 16.7. The number of anilines is 2. The third-order valence-corrected chi connectivity index (χ3v) is 17.4. The Hall–Kier alpha value is -8.48. The Morgan fingerprint density at radius 3 is 1.83 bits per heavy atom. The van der Waals surface area contributed by atoms with Gasteiger partial charge in [-0.3, -0.25) is 24.7 Å². The van der Waals surface area contributed by atoms with Crippen molar-refractivity contribution >= 4 is 102 Å². The van der Waals surface area contributed by atoms with E-state index in [1.807, 2.05) is 18.2 Å². The van der Waals surface area contributed by atoms with Crippen LogP contribution in [0.2, 0.25) is 15.1 Å². The number of nitrogens with zero attached hydrogens (tertiary/aromatic N) is 14. The summed E-state index contributed by atoms with van der Waals surface area (Å²) in [5.74, 6) is 2.20. The van der Waals surface area contributed by atoms with Crippen molar-refractivity contribution in [3.63, 3.8) is 0 Å². The van der Waals surface area contributed by atoms with E-state index in [0.717, 1.165) is 43.5 Å². The van der Waals surface area contributed by atoms with E-state index >= 15 is 0 Å². The molecule has 3 saturated heterocycles. The van der Waals surface area contributed by atoms with Gasteiger partial charge in [-0.2, -0.15) is 30.1 Å². The lowest BCUT2D eigenvalue weighted by Gasteiger charge is -2.35. The highest BCUT2D eigenvalue weighted by atomic mass is 35.5. The Balaban J connectivity index is 0.000000161. The van der Waals surface area contributed by atoms with Crippen LogP contribution in [0.25, 0.3) is 43.6 Å². The highest BCUT2D eigenvalue weighted by Crippen LogP contribution is 2.45. The third kappa shape index (κ3) is 11.2. The molecule has 1 aliphatic carbocycles. The molecule has 86 heavy (non-hydrogen) atoms. The molecule has 2 atom stereocenters. The number of H-pyrrole nitrogens is 2. The van der Waals surface area contributed by atoms with Gasteiger partial charge in [-0.15, -0.1) is 0 Å². The predicted molar refractivity (Wildman–Crippen MR) is 325 cm³/mol. The van der Waals surface area contributed by atoms with Crippen LogP contribution in [-0.2, 0) is 22.6 Å². The number of ether oxygens (including phenoxy) is 4. The fourth-order valence-electron chi connectivity index (χ4n) is 11.7. The summed E-state index contributed by atoms with van der Waals surface area (Å²) in [7, 11) is 2.07. The van der Waals surface area contributed by atoms with Crippen molar-refractivity contribution in [2.75, 3.05) is 88.8 Å². The van der Waals surface area contributed by atoms with Gasteiger partial charge in [-0.25, -0.2) is 14.4 Å².